The molecule has 0 aromatic rings. The molecule has 0 radical (unpaired) electrons. The van der Waals surface area contributed by atoms with Crippen LogP contribution in [-0.2, 0) is 4.74 Å². The highest BCUT2D eigenvalue weighted by Crippen LogP contribution is 2.15. The summed E-state index contributed by atoms with van der Waals surface area (Å²) < 4.78 is 5.41. The van der Waals surface area contributed by atoms with E-state index in [0.29, 0.717) is 0 Å². The molecular formula is C12H24N2O2. The van der Waals surface area contributed by atoms with Gasteiger partial charge in [-0.1, -0.05) is 13.3 Å². The van der Waals surface area contributed by atoms with E-state index in [0.717, 1.165) is 32.5 Å². The normalized spacial score (nSPS) is 22.0. The van der Waals surface area contributed by atoms with E-state index in [1.807, 2.05) is 25.7 Å². The number of nitrogens with zero attached hydrogens (tertiary/aromatic N) is 1. The highest BCUT2D eigenvalue weighted by atomic mass is 16.6. The first-order valence-electron chi connectivity index (χ1n) is 6.14. The third-order valence-corrected chi connectivity index (χ3v) is 2.60. The van der Waals surface area contributed by atoms with E-state index in [2.05, 4.69) is 12.2 Å². The van der Waals surface area contributed by atoms with Gasteiger partial charge >= 0.3 is 6.09 Å². The van der Waals surface area contributed by atoms with Gasteiger partial charge in [0, 0.05) is 25.7 Å². The molecule has 0 unspecified atom stereocenters. The highest BCUT2D eigenvalue weighted by molar-refractivity contribution is 5.68. The molecule has 1 saturated heterocycles. The predicted molar refractivity (Wildman–Crippen MR) is 64.5 cm³/mol. The van der Waals surface area contributed by atoms with E-state index in [4.69, 9.17) is 4.74 Å². The minimum atomic E-state index is -0.404. The number of ether oxygens (including phenoxy) is 1. The van der Waals surface area contributed by atoms with Gasteiger partial charge in [-0.05, 0) is 27.2 Å². The lowest BCUT2D eigenvalue weighted by molar-refractivity contribution is 0.0111. The van der Waals surface area contributed by atoms with Gasteiger partial charge in [0.05, 0.1) is 0 Å². The first-order chi connectivity index (χ1) is 7.44. The van der Waals surface area contributed by atoms with Gasteiger partial charge in [-0.25, -0.2) is 4.79 Å². The zero-order chi connectivity index (χ0) is 12.2. The molecule has 94 valence electrons. The largest absolute Gasteiger partial charge is 0.444 e. The van der Waals surface area contributed by atoms with Gasteiger partial charge in [0.15, 0.2) is 0 Å². The first-order valence-corrected chi connectivity index (χ1v) is 6.14. The number of rotatable bonds is 2. The van der Waals surface area contributed by atoms with Crippen LogP contribution in [0.4, 0.5) is 4.79 Å². The quantitative estimate of drug-likeness (QED) is 0.786. The van der Waals surface area contributed by atoms with Crippen molar-refractivity contribution in [3.8, 4) is 0 Å². The third-order valence-electron chi connectivity index (χ3n) is 2.60. The molecule has 0 aliphatic carbocycles. The van der Waals surface area contributed by atoms with Crippen molar-refractivity contribution in [1.29, 1.82) is 0 Å². The molecule has 16 heavy (non-hydrogen) atoms. The average molecular weight is 228 g/mol. The zero-order valence-corrected chi connectivity index (χ0v) is 10.9. The van der Waals surface area contributed by atoms with Crippen molar-refractivity contribution in [2.75, 3.05) is 19.6 Å². The number of piperazine rings is 1. The van der Waals surface area contributed by atoms with Gasteiger partial charge in [-0.15, -0.1) is 0 Å². The number of amides is 1. The minimum absolute atomic E-state index is 0.174. The maximum Gasteiger partial charge on any atom is 0.410 e. The number of hydrogen-bond acceptors (Lipinski definition) is 3. The summed E-state index contributed by atoms with van der Waals surface area (Å²) in [7, 11) is 0. The molecule has 1 N–H and O–H groups in total. The van der Waals surface area contributed by atoms with Crippen LogP contribution in [-0.4, -0.2) is 42.3 Å². The lowest BCUT2D eigenvalue weighted by Gasteiger charge is -2.37. The minimum Gasteiger partial charge on any atom is -0.444 e. The van der Waals surface area contributed by atoms with Crippen molar-refractivity contribution < 1.29 is 9.53 Å². The van der Waals surface area contributed by atoms with E-state index < -0.39 is 5.60 Å². The molecule has 0 aromatic carbocycles. The van der Waals surface area contributed by atoms with Gasteiger partial charge in [0.1, 0.15) is 5.60 Å². The maximum atomic E-state index is 12.0. The molecule has 1 atom stereocenters. The Balaban J connectivity index is 2.57. The Kier molecular flexibility index (Phi) is 4.59. The summed E-state index contributed by atoms with van der Waals surface area (Å²) in [5.74, 6) is 0. The summed E-state index contributed by atoms with van der Waals surface area (Å²) in [6.45, 7) is 10.3. The van der Waals surface area contributed by atoms with Gasteiger partial charge in [0.2, 0.25) is 0 Å². The Morgan fingerprint density at radius 3 is 2.75 bits per heavy atom. The monoisotopic (exact) mass is 228 g/mol. The number of hydrogen-bond donors (Lipinski definition) is 1. The van der Waals surface area contributed by atoms with Crippen LogP contribution in [0.5, 0.6) is 0 Å². The van der Waals surface area contributed by atoms with Crippen LogP contribution in [0.25, 0.3) is 0 Å². The molecule has 0 saturated carbocycles. The molecule has 1 fully saturated rings. The van der Waals surface area contributed by atoms with Crippen molar-refractivity contribution in [3.05, 3.63) is 0 Å². The molecule has 1 heterocycles. The van der Waals surface area contributed by atoms with Crippen molar-refractivity contribution in [3.63, 3.8) is 0 Å². The van der Waals surface area contributed by atoms with Crippen LogP contribution < -0.4 is 5.32 Å². The van der Waals surface area contributed by atoms with Crippen LogP contribution in [0.15, 0.2) is 0 Å². The molecule has 0 spiro atoms. The summed E-state index contributed by atoms with van der Waals surface area (Å²) in [5.41, 5.74) is -0.404. The standard InChI is InChI=1S/C12H24N2O2/c1-5-6-10-9-13-7-8-14(10)11(15)16-12(2,3)4/h10,13H,5-9H2,1-4H3/t10-/m1/s1. The fourth-order valence-corrected chi connectivity index (χ4v) is 1.91. The predicted octanol–water partition coefficient (Wildman–Crippen LogP) is 2.00. The Hall–Kier alpha value is -0.770. The number of carbonyl (C=O) groups excluding carboxylic acids is 1. The highest BCUT2D eigenvalue weighted by Gasteiger charge is 2.29. The third kappa shape index (κ3) is 4.00. The summed E-state index contributed by atoms with van der Waals surface area (Å²) >= 11 is 0. The summed E-state index contributed by atoms with van der Waals surface area (Å²) in [5, 5.41) is 3.32. The lowest BCUT2D eigenvalue weighted by Crippen LogP contribution is -2.54. The maximum absolute atomic E-state index is 12.0. The van der Waals surface area contributed by atoms with E-state index in [-0.39, 0.29) is 12.1 Å². The van der Waals surface area contributed by atoms with E-state index in [9.17, 15) is 4.79 Å². The fraction of sp³-hybridized carbons (Fsp3) is 0.917. The molecule has 4 nitrogen and oxygen atoms in total. The zero-order valence-electron chi connectivity index (χ0n) is 10.9. The second-order valence-corrected chi connectivity index (χ2v) is 5.32. The van der Waals surface area contributed by atoms with Gasteiger partial charge < -0.3 is 15.0 Å². The number of nitrogens with one attached hydrogen (secondary N) is 1. The molecular weight excluding hydrogens is 204 g/mol. The Morgan fingerprint density at radius 2 is 2.19 bits per heavy atom. The summed E-state index contributed by atoms with van der Waals surface area (Å²) in [6.07, 6.45) is 1.95. The Morgan fingerprint density at radius 1 is 1.50 bits per heavy atom. The van der Waals surface area contributed by atoms with Crippen LogP contribution in [0, 0.1) is 0 Å². The smallest absolute Gasteiger partial charge is 0.410 e. The second-order valence-electron chi connectivity index (χ2n) is 5.32. The molecule has 1 amide bonds. The van der Waals surface area contributed by atoms with Gasteiger partial charge in [0.25, 0.3) is 0 Å². The molecule has 4 heteroatoms. The molecule has 1 aliphatic heterocycles. The van der Waals surface area contributed by atoms with Crippen LogP contribution in [0.3, 0.4) is 0 Å². The molecule has 0 aromatic heterocycles. The van der Waals surface area contributed by atoms with Crippen LogP contribution >= 0.6 is 0 Å². The lowest BCUT2D eigenvalue weighted by atomic mass is 10.1. The summed E-state index contributed by atoms with van der Waals surface area (Å²) in [4.78, 5) is 13.8. The molecule has 1 aliphatic rings. The van der Waals surface area contributed by atoms with Crippen molar-refractivity contribution in [1.82, 2.24) is 10.2 Å². The van der Waals surface area contributed by atoms with Gasteiger partial charge in [-0.2, -0.15) is 0 Å². The van der Waals surface area contributed by atoms with Crippen molar-refractivity contribution >= 4 is 6.09 Å². The second kappa shape index (κ2) is 5.53. The van der Waals surface area contributed by atoms with Crippen LogP contribution in [0.1, 0.15) is 40.5 Å². The van der Waals surface area contributed by atoms with Gasteiger partial charge in [-0.3, -0.25) is 0 Å². The molecule has 0 bridgehead atoms. The number of carbonyl (C=O) groups is 1. The summed E-state index contributed by atoms with van der Waals surface area (Å²) in [6, 6.07) is 0.286. The van der Waals surface area contributed by atoms with E-state index >= 15 is 0 Å². The van der Waals surface area contributed by atoms with Crippen molar-refractivity contribution in [2.45, 2.75) is 52.2 Å². The first kappa shape index (κ1) is 13.3. The SMILES string of the molecule is CCC[C@@H]1CNCCN1C(=O)OC(C)(C)C. The Labute approximate surface area is 98.3 Å². The van der Waals surface area contributed by atoms with Crippen molar-refractivity contribution in [2.24, 2.45) is 0 Å². The van der Waals surface area contributed by atoms with Crippen LogP contribution in [0.2, 0.25) is 0 Å². The topological polar surface area (TPSA) is 41.6 Å². The average Bonchev–Trinajstić information content (AvgIpc) is 2.16. The van der Waals surface area contributed by atoms with E-state index in [1.165, 1.54) is 0 Å². The Bertz CT molecular complexity index is 234. The fourth-order valence-electron chi connectivity index (χ4n) is 1.91. The molecule has 1 rings (SSSR count). The van der Waals surface area contributed by atoms with E-state index in [1.54, 1.807) is 0 Å².